The monoisotopic (exact) mass is 333 g/mol. The maximum atomic E-state index is 12.1. The lowest BCUT2D eigenvalue weighted by Gasteiger charge is -2.32. The van der Waals surface area contributed by atoms with E-state index in [4.69, 9.17) is 4.74 Å². The number of aliphatic hydroxyl groups is 1. The molecule has 3 N–H and O–H groups in total. The third-order valence-corrected chi connectivity index (χ3v) is 4.95. The van der Waals surface area contributed by atoms with Crippen LogP contribution >= 0.6 is 0 Å². The Morgan fingerprint density at radius 1 is 1.29 bits per heavy atom. The van der Waals surface area contributed by atoms with Crippen molar-refractivity contribution in [1.82, 2.24) is 15.5 Å². The molecule has 6 heteroatoms. The summed E-state index contributed by atoms with van der Waals surface area (Å²) in [5, 5.41) is 16.8. The predicted octanol–water partition coefficient (Wildman–Crippen LogP) is 0.229. The summed E-state index contributed by atoms with van der Waals surface area (Å²) in [6.45, 7) is 2.97. The molecule has 0 saturated carbocycles. The second-order valence-electron chi connectivity index (χ2n) is 6.79. The van der Waals surface area contributed by atoms with E-state index in [1.165, 1.54) is 0 Å². The number of nitrogens with zero attached hydrogens (tertiary/aromatic N) is 1. The van der Waals surface area contributed by atoms with E-state index in [-0.39, 0.29) is 18.1 Å². The largest absolute Gasteiger partial charge is 0.389 e. The van der Waals surface area contributed by atoms with E-state index in [0.717, 1.165) is 25.9 Å². The number of benzene rings is 1. The molecule has 0 radical (unpaired) electrons. The first-order valence-corrected chi connectivity index (χ1v) is 8.71. The van der Waals surface area contributed by atoms with Gasteiger partial charge in [-0.1, -0.05) is 18.2 Å². The molecule has 6 nitrogen and oxygen atoms in total. The molecule has 1 aromatic carbocycles. The number of likely N-dealkylation sites (tertiary alicyclic amines) is 1. The van der Waals surface area contributed by atoms with Crippen LogP contribution in [0.15, 0.2) is 30.3 Å². The fourth-order valence-corrected chi connectivity index (χ4v) is 3.37. The lowest BCUT2D eigenvalue weighted by atomic mass is 10.0. The Morgan fingerprint density at radius 3 is 2.71 bits per heavy atom. The molecule has 0 aliphatic carbocycles. The summed E-state index contributed by atoms with van der Waals surface area (Å²) >= 11 is 0. The van der Waals surface area contributed by atoms with Crippen molar-refractivity contribution in [3.63, 3.8) is 0 Å². The molecular formula is C18H27N3O3. The van der Waals surface area contributed by atoms with Crippen molar-refractivity contribution in [3.8, 4) is 0 Å². The number of carbonyl (C=O) groups excluding carboxylic acids is 1. The lowest BCUT2D eigenvalue weighted by Crippen LogP contribution is -2.51. The van der Waals surface area contributed by atoms with Gasteiger partial charge in [-0.15, -0.1) is 0 Å². The van der Waals surface area contributed by atoms with Crippen molar-refractivity contribution in [1.29, 1.82) is 0 Å². The number of rotatable bonds is 5. The van der Waals surface area contributed by atoms with Crippen molar-refractivity contribution >= 4 is 5.91 Å². The molecule has 3 atom stereocenters. The zero-order valence-electron chi connectivity index (χ0n) is 14.1. The molecular weight excluding hydrogens is 306 g/mol. The highest BCUT2D eigenvalue weighted by molar-refractivity contribution is 5.94. The Morgan fingerprint density at radius 2 is 2.00 bits per heavy atom. The van der Waals surface area contributed by atoms with Gasteiger partial charge >= 0.3 is 0 Å². The van der Waals surface area contributed by atoms with E-state index < -0.39 is 6.10 Å². The Labute approximate surface area is 143 Å². The number of aliphatic hydroxyl groups excluding tert-OH is 1. The second-order valence-corrected chi connectivity index (χ2v) is 6.79. The molecule has 3 unspecified atom stereocenters. The van der Waals surface area contributed by atoms with Gasteiger partial charge in [0.05, 0.1) is 18.8 Å². The van der Waals surface area contributed by atoms with Crippen LogP contribution < -0.4 is 10.6 Å². The first-order valence-electron chi connectivity index (χ1n) is 8.71. The van der Waals surface area contributed by atoms with Gasteiger partial charge in [0.15, 0.2) is 0 Å². The second kappa shape index (κ2) is 8.07. The van der Waals surface area contributed by atoms with E-state index in [9.17, 15) is 9.90 Å². The van der Waals surface area contributed by atoms with Gasteiger partial charge in [-0.3, -0.25) is 4.79 Å². The molecule has 0 aromatic heterocycles. The van der Waals surface area contributed by atoms with Gasteiger partial charge < -0.3 is 25.4 Å². The molecule has 24 heavy (non-hydrogen) atoms. The fourth-order valence-electron chi connectivity index (χ4n) is 3.37. The molecule has 0 spiro atoms. The Balaban J connectivity index is 1.44. The summed E-state index contributed by atoms with van der Waals surface area (Å²) in [7, 11) is 2.13. The molecule has 2 aliphatic heterocycles. The third kappa shape index (κ3) is 4.33. The fraction of sp³-hybridized carbons (Fsp3) is 0.611. The van der Waals surface area contributed by atoms with Crippen LogP contribution in [0.4, 0.5) is 0 Å². The quantitative estimate of drug-likeness (QED) is 0.719. The van der Waals surface area contributed by atoms with Gasteiger partial charge in [0.2, 0.25) is 0 Å². The average Bonchev–Trinajstić information content (AvgIpc) is 2.95. The molecule has 132 valence electrons. The third-order valence-electron chi connectivity index (χ3n) is 4.95. The van der Waals surface area contributed by atoms with Gasteiger partial charge in [0.1, 0.15) is 6.10 Å². The van der Waals surface area contributed by atoms with Crippen LogP contribution in [0, 0.1) is 0 Å². The van der Waals surface area contributed by atoms with Crippen molar-refractivity contribution < 1.29 is 14.6 Å². The standard InChI is InChI=1S/C18H27N3O3/c1-21-9-7-14(8-10-21)20-15-12-24-16(17(15)22)11-19-18(23)13-5-3-2-4-6-13/h2-6,14-17,20,22H,7-12H2,1H3,(H,19,23). The highest BCUT2D eigenvalue weighted by atomic mass is 16.5. The zero-order valence-corrected chi connectivity index (χ0v) is 14.1. The Kier molecular flexibility index (Phi) is 5.84. The molecule has 2 heterocycles. The number of piperidine rings is 1. The summed E-state index contributed by atoms with van der Waals surface area (Å²) in [5.74, 6) is -0.141. The summed E-state index contributed by atoms with van der Waals surface area (Å²) in [5.41, 5.74) is 0.617. The Hall–Kier alpha value is -1.47. The molecule has 2 aliphatic rings. The van der Waals surface area contributed by atoms with Crippen LogP contribution in [0.2, 0.25) is 0 Å². The highest BCUT2D eigenvalue weighted by Crippen LogP contribution is 2.17. The minimum atomic E-state index is -0.597. The van der Waals surface area contributed by atoms with Crippen molar-refractivity contribution in [3.05, 3.63) is 35.9 Å². The van der Waals surface area contributed by atoms with E-state index in [0.29, 0.717) is 24.8 Å². The van der Waals surface area contributed by atoms with Crippen molar-refractivity contribution in [2.24, 2.45) is 0 Å². The summed E-state index contributed by atoms with van der Waals surface area (Å²) in [6, 6.07) is 9.45. The first-order chi connectivity index (χ1) is 11.6. The lowest BCUT2D eigenvalue weighted by molar-refractivity contribution is 0.0393. The van der Waals surface area contributed by atoms with Crippen LogP contribution in [0.1, 0.15) is 23.2 Å². The van der Waals surface area contributed by atoms with E-state index in [1.807, 2.05) is 18.2 Å². The number of hydrogen-bond acceptors (Lipinski definition) is 5. The summed E-state index contributed by atoms with van der Waals surface area (Å²) < 4.78 is 5.69. The van der Waals surface area contributed by atoms with Crippen LogP contribution in [0.3, 0.4) is 0 Å². The van der Waals surface area contributed by atoms with Crippen LogP contribution in [0.5, 0.6) is 0 Å². The van der Waals surface area contributed by atoms with Crippen LogP contribution in [-0.2, 0) is 4.74 Å². The summed E-state index contributed by atoms with van der Waals surface area (Å²) in [6.07, 6.45) is 1.23. The number of ether oxygens (including phenoxy) is 1. The van der Waals surface area contributed by atoms with E-state index in [1.54, 1.807) is 12.1 Å². The smallest absolute Gasteiger partial charge is 0.251 e. The molecule has 2 fully saturated rings. The van der Waals surface area contributed by atoms with Crippen LogP contribution in [0.25, 0.3) is 0 Å². The van der Waals surface area contributed by atoms with Gasteiger partial charge in [0.25, 0.3) is 5.91 Å². The number of carbonyl (C=O) groups is 1. The number of amides is 1. The Bertz CT molecular complexity index is 532. The zero-order chi connectivity index (χ0) is 16.9. The first kappa shape index (κ1) is 17.4. The molecule has 2 saturated heterocycles. The SMILES string of the molecule is CN1CCC(NC2COC(CNC(=O)c3ccccc3)C2O)CC1. The van der Waals surface area contributed by atoms with Gasteiger partial charge in [-0.05, 0) is 45.1 Å². The van der Waals surface area contributed by atoms with E-state index >= 15 is 0 Å². The number of nitrogens with one attached hydrogen (secondary N) is 2. The molecule has 1 aromatic rings. The normalized spacial score (nSPS) is 28.8. The molecule has 0 bridgehead atoms. The summed E-state index contributed by atoms with van der Waals surface area (Å²) in [4.78, 5) is 14.4. The van der Waals surface area contributed by atoms with Crippen molar-refractivity contribution in [2.75, 3.05) is 33.3 Å². The van der Waals surface area contributed by atoms with Gasteiger partial charge in [-0.2, -0.15) is 0 Å². The molecule has 3 rings (SSSR count). The van der Waals surface area contributed by atoms with Gasteiger partial charge in [0, 0.05) is 18.2 Å². The van der Waals surface area contributed by atoms with Crippen molar-refractivity contribution in [2.45, 2.75) is 37.1 Å². The predicted molar refractivity (Wildman–Crippen MR) is 92.0 cm³/mol. The highest BCUT2D eigenvalue weighted by Gasteiger charge is 2.37. The van der Waals surface area contributed by atoms with E-state index in [2.05, 4.69) is 22.6 Å². The van der Waals surface area contributed by atoms with Crippen LogP contribution in [-0.4, -0.2) is 73.5 Å². The maximum absolute atomic E-state index is 12.1. The number of hydrogen-bond donors (Lipinski definition) is 3. The minimum absolute atomic E-state index is 0.0583. The maximum Gasteiger partial charge on any atom is 0.251 e. The molecule has 1 amide bonds. The topological polar surface area (TPSA) is 73.8 Å². The average molecular weight is 333 g/mol. The minimum Gasteiger partial charge on any atom is -0.389 e. The van der Waals surface area contributed by atoms with Gasteiger partial charge in [-0.25, -0.2) is 0 Å².